The highest BCUT2D eigenvalue weighted by Gasteiger charge is 2.28. The summed E-state index contributed by atoms with van der Waals surface area (Å²) < 4.78 is 0. The Balaban J connectivity index is 1.44. The predicted molar refractivity (Wildman–Crippen MR) is 133 cm³/mol. The molecule has 0 aliphatic carbocycles. The van der Waals surface area contributed by atoms with Crippen molar-refractivity contribution in [1.29, 1.82) is 0 Å². The number of benzene rings is 3. The van der Waals surface area contributed by atoms with E-state index in [2.05, 4.69) is 97.3 Å². The average Bonchev–Trinajstić information content (AvgIpc) is 2.77. The number of aryl methyl sites for hydroxylation is 1. The number of piperazine rings is 1. The van der Waals surface area contributed by atoms with Crippen LogP contribution < -0.4 is 0 Å². The largest absolute Gasteiger partial charge is 0.296 e. The van der Waals surface area contributed by atoms with Crippen molar-refractivity contribution in [3.8, 4) is 11.1 Å². The number of nitrogens with zero attached hydrogens (tertiary/aromatic N) is 2. The fourth-order valence-electron chi connectivity index (χ4n) is 4.73. The molecule has 1 heterocycles. The normalized spacial score (nSPS) is 17.9. The standard InChI is InChI=1S/C28H33ClN2/c1-21(2)31-16-15-30(20-26(31)18-23-7-5-4-6-8-23)19-24-10-12-25(13-11-24)27-17-22(3)9-14-28(27)29/h4-14,17,21,26H,15-16,18-20H2,1-3H3. The van der Waals surface area contributed by atoms with Gasteiger partial charge >= 0.3 is 0 Å². The highest BCUT2D eigenvalue weighted by Crippen LogP contribution is 2.29. The molecule has 0 saturated carbocycles. The summed E-state index contributed by atoms with van der Waals surface area (Å²) in [5.41, 5.74) is 6.32. The molecule has 1 unspecified atom stereocenters. The summed E-state index contributed by atoms with van der Waals surface area (Å²) in [5.74, 6) is 0. The second kappa shape index (κ2) is 9.99. The molecule has 0 bridgehead atoms. The molecule has 0 aromatic heterocycles. The lowest BCUT2D eigenvalue weighted by Gasteiger charge is -2.44. The van der Waals surface area contributed by atoms with Crippen molar-refractivity contribution in [3.05, 3.63) is 94.5 Å². The van der Waals surface area contributed by atoms with Crippen LogP contribution in [-0.2, 0) is 13.0 Å². The fourth-order valence-corrected chi connectivity index (χ4v) is 4.96. The second-order valence-corrected chi connectivity index (χ2v) is 9.50. The lowest BCUT2D eigenvalue weighted by atomic mass is 9.99. The summed E-state index contributed by atoms with van der Waals surface area (Å²) in [6.07, 6.45) is 1.11. The van der Waals surface area contributed by atoms with Gasteiger partial charge < -0.3 is 0 Å². The minimum absolute atomic E-state index is 0.557. The van der Waals surface area contributed by atoms with Gasteiger partial charge in [-0.15, -0.1) is 0 Å². The van der Waals surface area contributed by atoms with E-state index in [1.54, 1.807) is 0 Å². The van der Waals surface area contributed by atoms with Gasteiger partial charge in [-0.2, -0.15) is 0 Å². The zero-order valence-corrected chi connectivity index (χ0v) is 19.6. The summed E-state index contributed by atoms with van der Waals surface area (Å²) in [7, 11) is 0. The van der Waals surface area contributed by atoms with Crippen molar-refractivity contribution in [2.24, 2.45) is 0 Å². The Bertz CT molecular complexity index is 982. The van der Waals surface area contributed by atoms with Gasteiger partial charge in [0.25, 0.3) is 0 Å². The Kier molecular flexibility index (Phi) is 7.12. The fraction of sp³-hybridized carbons (Fsp3) is 0.357. The third-order valence-corrected chi connectivity index (χ3v) is 6.71. The maximum absolute atomic E-state index is 6.43. The SMILES string of the molecule is Cc1ccc(Cl)c(-c2ccc(CN3CCN(C(C)C)C(Cc4ccccc4)C3)cc2)c1. The molecule has 0 amide bonds. The molecule has 4 rings (SSSR count). The van der Waals surface area contributed by atoms with Gasteiger partial charge in [0, 0.05) is 48.8 Å². The minimum atomic E-state index is 0.557. The van der Waals surface area contributed by atoms with Gasteiger partial charge in [0.05, 0.1) is 0 Å². The summed E-state index contributed by atoms with van der Waals surface area (Å²) in [5, 5.41) is 0.812. The van der Waals surface area contributed by atoms with E-state index < -0.39 is 0 Å². The summed E-state index contributed by atoms with van der Waals surface area (Å²) >= 11 is 6.43. The maximum Gasteiger partial charge on any atom is 0.0484 e. The van der Waals surface area contributed by atoms with Gasteiger partial charge in [0.15, 0.2) is 0 Å². The average molecular weight is 433 g/mol. The summed E-state index contributed by atoms with van der Waals surface area (Å²) in [6.45, 7) is 11.1. The van der Waals surface area contributed by atoms with Crippen LogP contribution in [0.5, 0.6) is 0 Å². The Morgan fingerprint density at radius 1 is 0.903 bits per heavy atom. The number of halogens is 1. The second-order valence-electron chi connectivity index (χ2n) is 9.09. The molecule has 3 heteroatoms. The molecule has 1 aliphatic heterocycles. The molecule has 3 aromatic carbocycles. The van der Waals surface area contributed by atoms with E-state index in [0.29, 0.717) is 12.1 Å². The Hall–Kier alpha value is -2.13. The highest BCUT2D eigenvalue weighted by atomic mass is 35.5. The monoisotopic (exact) mass is 432 g/mol. The Labute approximate surface area is 192 Å². The number of hydrogen-bond donors (Lipinski definition) is 0. The molecule has 2 nitrogen and oxygen atoms in total. The number of rotatable bonds is 6. The van der Waals surface area contributed by atoms with E-state index in [1.165, 1.54) is 22.3 Å². The molecule has 162 valence electrons. The first-order valence-electron chi connectivity index (χ1n) is 11.4. The molecule has 3 aromatic rings. The molecule has 0 radical (unpaired) electrons. The van der Waals surface area contributed by atoms with Crippen molar-refractivity contribution >= 4 is 11.6 Å². The third-order valence-electron chi connectivity index (χ3n) is 6.38. The van der Waals surface area contributed by atoms with Crippen LogP contribution in [0.4, 0.5) is 0 Å². The quantitative estimate of drug-likeness (QED) is 0.441. The van der Waals surface area contributed by atoms with Gasteiger partial charge in [-0.05, 0) is 56.0 Å². The lowest BCUT2D eigenvalue weighted by molar-refractivity contribution is 0.0476. The van der Waals surface area contributed by atoms with Gasteiger partial charge in [-0.25, -0.2) is 0 Å². The van der Waals surface area contributed by atoms with Crippen LogP contribution in [0.15, 0.2) is 72.8 Å². The molecule has 31 heavy (non-hydrogen) atoms. The van der Waals surface area contributed by atoms with Crippen LogP contribution in [0.1, 0.15) is 30.5 Å². The minimum Gasteiger partial charge on any atom is -0.296 e. The van der Waals surface area contributed by atoms with Crippen LogP contribution >= 0.6 is 11.6 Å². The Morgan fingerprint density at radius 2 is 1.65 bits per heavy atom. The van der Waals surface area contributed by atoms with Crippen molar-refractivity contribution in [2.45, 2.75) is 45.8 Å². The molecule has 1 fully saturated rings. The van der Waals surface area contributed by atoms with Crippen molar-refractivity contribution in [2.75, 3.05) is 19.6 Å². The van der Waals surface area contributed by atoms with E-state index in [0.717, 1.165) is 43.2 Å². The van der Waals surface area contributed by atoms with Crippen LogP contribution in [0.25, 0.3) is 11.1 Å². The van der Waals surface area contributed by atoms with Gasteiger partial charge in [-0.3, -0.25) is 9.80 Å². The first-order chi connectivity index (χ1) is 15.0. The topological polar surface area (TPSA) is 6.48 Å². The maximum atomic E-state index is 6.43. The first kappa shape index (κ1) is 22.1. The molecule has 0 N–H and O–H groups in total. The molecular formula is C28H33ClN2. The van der Waals surface area contributed by atoms with E-state index in [9.17, 15) is 0 Å². The molecule has 1 saturated heterocycles. The zero-order valence-electron chi connectivity index (χ0n) is 18.9. The summed E-state index contributed by atoms with van der Waals surface area (Å²) in [4.78, 5) is 5.29. The van der Waals surface area contributed by atoms with Gasteiger partial charge in [0.2, 0.25) is 0 Å². The lowest BCUT2D eigenvalue weighted by Crippen LogP contribution is -2.55. The van der Waals surface area contributed by atoms with Crippen LogP contribution in [0.2, 0.25) is 5.02 Å². The summed E-state index contributed by atoms with van der Waals surface area (Å²) in [6, 6.07) is 27.2. The highest BCUT2D eigenvalue weighted by molar-refractivity contribution is 6.33. The van der Waals surface area contributed by atoms with Crippen molar-refractivity contribution in [3.63, 3.8) is 0 Å². The molecule has 0 spiro atoms. The van der Waals surface area contributed by atoms with Crippen LogP contribution in [-0.4, -0.2) is 41.5 Å². The number of hydrogen-bond acceptors (Lipinski definition) is 2. The van der Waals surface area contributed by atoms with Crippen molar-refractivity contribution < 1.29 is 0 Å². The Morgan fingerprint density at radius 3 is 2.35 bits per heavy atom. The smallest absolute Gasteiger partial charge is 0.0484 e. The van der Waals surface area contributed by atoms with E-state index in [-0.39, 0.29) is 0 Å². The molecule has 1 atom stereocenters. The van der Waals surface area contributed by atoms with Crippen LogP contribution in [0.3, 0.4) is 0 Å². The van der Waals surface area contributed by atoms with Crippen LogP contribution in [0, 0.1) is 6.92 Å². The van der Waals surface area contributed by atoms with E-state index in [1.807, 2.05) is 6.07 Å². The zero-order chi connectivity index (χ0) is 21.8. The van der Waals surface area contributed by atoms with Gasteiger partial charge in [0.1, 0.15) is 0 Å². The van der Waals surface area contributed by atoms with E-state index in [4.69, 9.17) is 11.6 Å². The van der Waals surface area contributed by atoms with Crippen molar-refractivity contribution in [1.82, 2.24) is 9.80 Å². The third kappa shape index (κ3) is 5.57. The molecule has 1 aliphatic rings. The predicted octanol–water partition coefficient (Wildman–Crippen LogP) is 6.45. The van der Waals surface area contributed by atoms with E-state index >= 15 is 0 Å². The van der Waals surface area contributed by atoms with Gasteiger partial charge in [-0.1, -0.05) is 77.8 Å². The first-order valence-corrected chi connectivity index (χ1v) is 11.7. The molecular weight excluding hydrogens is 400 g/mol.